The Morgan fingerprint density at radius 1 is 1.50 bits per heavy atom. The predicted molar refractivity (Wildman–Crippen MR) is 46.5 cm³/mol. The van der Waals surface area contributed by atoms with Gasteiger partial charge in [-0.25, -0.2) is 8.78 Å². The average molecular weight is 193 g/mol. The van der Waals surface area contributed by atoms with E-state index < -0.39 is 11.3 Å². The molecule has 1 saturated carbocycles. The van der Waals surface area contributed by atoms with Gasteiger partial charge >= 0.3 is 0 Å². The van der Waals surface area contributed by atoms with Crippen LogP contribution in [0.25, 0.3) is 0 Å². The topological polar surface area (TPSA) is 26.0 Å². The number of halogens is 2. The molecule has 0 aromatic rings. The van der Waals surface area contributed by atoms with Gasteiger partial charge in [0.2, 0.25) is 0 Å². The molecule has 0 aromatic carbocycles. The smallest absolute Gasteiger partial charge is 0.257 e. The highest BCUT2D eigenvalue weighted by Crippen LogP contribution is 2.66. The highest BCUT2D eigenvalue weighted by molar-refractivity contribution is 8.00. The standard InChI is InChI=1S/C8H13F2NS/c9-8(10)4-7(8,5-11)6-2-1-3-12-6/h6H,1-5,11H2. The normalized spacial score (nSPS) is 44.8. The fourth-order valence-corrected chi connectivity index (χ4v) is 3.69. The zero-order valence-corrected chi connectivity index (χ0v) is 7.67. The van der Waals surface area contributed by atoms with E-state index in [-0.39, 0.29) is 18.2 Å². The first kappa shape index (κ1) is 8.75. The van der Waals surface area contributed by atoms with Crippen molar-refractivity contribution in [3.05, 3.63) is 0 Å². The predicted octanol–water partition coefficient (Wildman–Crippen LogP) is 1.87. The summed E-state index contributed by atoms with van der Waals surface area (Å²) in [4.78, 5) is 0. The van der Waals surface area contributed by atoms with E-state index in [9.17, 15) is 8.78 Å². The van der Waals surface area contributed by atoms with E-state index in [0.29, 0.717) is 0 Å². The minimum atomic E-state index is -2.47. The summed E-state index contributed by atoms with van der Waals surface area (Å²) < 4.78 is 26.0. The van der Waals surface area contributed by atoms with Gasteiger partial charge in [-0.2, -0.15) is 11.8 Å². The summed E-state index contributed by atoms with van der Waals surface area (Å²) in [7, 11) is 0. The van der Waals surface area contributed by atoms with E-state index in [4.69, 9.17) is 5.73 Å². The summed E-state index contributed by atoms with van der Waals surface area (Å²) in [5.74, 6) is -1.44. The van der Waals surface area contributed by atoms with Gasteiger partial charge in [0, 0.05) is 18.2 Å². The third-order valence-corrected chi connectivity index (χ3v) is 4.66. The first-order valence-corrected chi connectivity index (χ1v) is 5.37. The van der Waals surface area contributed by atoms with Crippen molar-refractivity contribution < 1.29 is 8.78 Å². The van der Waals surface area contributed by atoms with Gasteiger partial charge in [0.25, 0.3) is 5.92 Å². The van der Waals surface area contributed by atoms with Gasteiger partial charge in [-0.15, -0.1) is 0 Å². The summed E-state index contributed by atoms with van der Waals surface area (Å²) >= 11 is 1.68. The van der Waals surface area contributed by atoms with Gasteiger partial charge in [0.05, 0.1) is 5.41 Å². The van der Waals surface area contributed by atoms with Gasteiger partial charge in [-0.1, -0.05) is 0 Å². The van der Waals surface area contributed by atoms with Crippen LogP contribution in [0.5, 0.6) is 0 Å². The molecular formula is C8H13F2NS. The van der Waals surface area contributed by atoms with E-state index in [0.717, 1.165) is 18.6 Å². The van der Waals surface area contributed by atoms with E-state index >= 15 is 0 Å². The van der Waals surface area contributed by atoms with Crippen LogP contribution >= 0.6 is 11.8 Å². The second-order valence-electron chi connectivity index (χ2n) is 3.74. The second-order valence-corrected chi connectivity index (χ2v) is 5.05. The molecule has 1 aliphatic carbocycles. The number of rotatable bonds is 2. The Kier molecular flexibility index (Phi) is 1.88. The lowest BCUT2D eigenvalue weighted by Crippen LogP contribution is -2.31. The maximum atomic E-state index is 13.0. The average Bonchev–Trinajstić information content (AvgIpc) is 2.52. The zero-order valence-electron chi connectivity index (χ0n) is 6.85. The molecule has 1 nitrogen and oxygen atoms in total. The van der Waals surface area contributed by atoms with Crippen LogP contribution in [0.15, 0.2) is 0 Å². The van der Waals surface area contributed by atoms with Crippen LogP contribution in [0.1, 0.15) is 19.3 Å². The lowest BCUT2D eigenvalue weighted by molar-refractivity contribution is 0.0654. The zero-order chi connectivity index (χ0) is 8.82. The molecule has 2 aliphatic rings. The van der Waals surface area contributed by atoms with Crippen molar-refractivity contribution in [1.29, 1.82) is 0 Å². The van der Waals surface area contributed by atoms with Gasteiger partial charge in [0.15, 0.2) is 0 Å². The minimum absolute atomic E-state index is 0.0220. The highest BCUT2D eigenvalue weighted by Gasteiger charge is 2.73. The Labute approximate surface area is 75.1 Å². The van der Waals surface area contributed by atoms with Crippen molar-refractivity contribution in [3.8, 4) is 0 Å². The number of hydrogen-bond donors (Lipinski definition) is 1. The molecule has 2 N–H and O–H groups in total. The summed E-state index contributed by atoms with van der Waals surface area (Å²) in [5, 5.41) is 0.123. The van der Waals surface area contributed by atoms with Crippen LogP contribution < -0.4 is 5.73 Å². The van der Waals surface area contributed by atoms with E-state index in [1.165, 1.54) is 0 Å². The molecule has 2 fully saturated rings. The van der Waals surface area contributed by atoms with Crippen molar-refractivity contribution in [3.63, 3.8) is 0 Å². The summed E-state index contributed by atoms with van der Waals surface area (Å²) in [6.07, 6.45) is 2.03. The maximum Gasteiger partial charge on any atom is 0.257 e. The van der Waals surface area contributed by atoms with E-state index in [2.05, 4.69) is 0 Å². The lowest BCUT2D eigenvalue weighted by atomic mass is 9.98. The lowest BCUT2D eigenvalue weighted by Gasteiger charge is -2.20. The van der Waals surface area contributed by atoms with Gasteiger partial charge in [-0.05, 0) is 18.6 Å². The Hall–Kier alpha value is 0.170. The van der Waals surface area contributed by atoms with Gasteiger partial charge < -0.3 is 5.73 Å². The largest absolute Gasteiger partial charge is 0.330 e. The van der Waals surface area contributed by atoms with Crippen LogP contribution in [0.4, 0.5) is 8.78 Å². The third-order valence-electron chi connectivity index (χ3n) is 3.05. The molecule has 70 valence electrons. The molecule has 0 radical (unpaired) electrons. The van der Waals surface area contributed by atoms with Crippen molar-refractivity contribution in [2.45, 2.75) is 30.4 Å². The molecule has 1 saturated heterocycles. The third kappa shape index (κ3) is 1.01. The molecule has 0 aromatic heterocycles. The van der Waals surface area contributed by atoms with Crippen molar-refractivity contribution in [2.24, 2.45) is 11.1 Å². The fraction of sp³-hybridized carbons (Fsp3) is 1.00. The Bertz CT molecular complexity index is 191. The Morgan fingerprint density at radius 2 is 2.17 bits per heavy atom. The molecule has 0 spiro atoms. The molecule has 2 atom stereocenters. The first-order chi connectivity index (χ1) is 5.62. The summed E-state index contributed by atoms with van der Waals surface area (Å²) in [5.41, 5.74) is 4.61. The van der Waals surface area contributed by atoms with E-state index in [1.807, 2.05) is 0 Å². The monoisotopic (exact) mass is 193 g/mol. The number of nitrogens with two attached hydrogens (primary N) is 1. The minimum Gasteiger partial charge on any atom is -0.330 e. The van der Waals surface area contributed by atoms with E-state index in [1.54, 1.807) is 11.8 Å². The number of thioether (sulfide) groups is 1. The number of hydrogen-bond acceptors (Lipinski definition) is 2. The van der Waals surface area contributed by atoms with Crippen LogP contribution in [0, 0.1) is 5.41 Å². The fourth-order valence-electron chi connectivity index (χ4n) is 2.07. The molecule has 1 aliphatic heterocycles. The molecule has 12 heavy (non-hydrogen) atoms. The van der Waals surface area contributed by atoms with Crippen LogP contribution in [-0.2, 0) is 0 Å². The summed E-state index contributed by atoms with van der Waals surface area (Å²) in [6.45, 7) is 0.150. The maximum absolute atomic E-state index is 13.0. The molecule has 1 heterocycles. The molecule has 0 amide bonds. The van der Waals surface area contributed by atoms with Crippen LogP contribution in [0.3, 0.4) is 0 Å². The molecule has 2 unspecified atom stereocenters. The molecule has 2 rings (SSSR count). The Morgan fingerprint density at radius 3 is 2.50 bits per heavy atom. The molecule has 4 heteroatoms. The van der Waals surface area contributed by atoms with Crippen LogP contribution in [0.2, 0.25) is 0 Å². The SMILES string of the molecule is NCC1(C2CCCS2)CC1(F)F. The Balaban J connectivity index is 2.09. The van der Waals surface area contributed by atoms with Crippen molar-refractivity contribution in [1.82, 2.24) is 0 Å². The quantitative estimate of drug-likeness (QED) is 0.724. The highest BCUT2D eigenvalue weighted by atomic mass is 32.2. The first-order valence-electron chi connectivity index (χ1n) is 4.32. The van der Waals surface area contributed by atoms with Crippen molar-refractivity contribution in [2.75, 3.05) is 12.3 Å². The van der Waals surface area contributed by atoms with Gasteiger partial charge in [-0.3, -0.25) is 0 Å². The van der Waals surface area contributed by atoms with Gasteiger partial charge in [0.1, 0.15) is 0 Å². The van der Waals surface area contributed by atoms with Crippen molar-refractivity contribution >= 4 is 11.8 Å². The summed E-state index contributed by atoms with van der Waals surface area (Å²) in [6, 6.07) is 0. The van der Waals surface area contributed by atoms with Crippen LogP contribution in [-0.4, -0.2) is 23.5 Å². The number of alkyl halides is 2. The molecule has 0 bridgehead atoms. The second kappa shape index (κ2) is 2.58. The molecular weight excluding hydrogens is 180 g/mol.